The van der Waals surface area contributed by atoms with E-state index in [2.05, 4.69) is 23.8 Å². The summed E-state index contributed by atoms with van der Waals surface area (Å²) >= 11 is 0. The highest BCUT2D eigenvalue weighted by Crippen LogP contribution is 2.07. The van der Waals surface area contributed by atoms with E-state index in [0.717, 1.165) is 5.56 Å². The summed E-state index contributed by atoms with van der Waals surface area (Å²) in [6.07, 6.45) is 1.63. The highest BCUT2D eigenvalue weighted by atomic mass is 16.6. The minimum absolute atomic E-state index is 0.0703. The fourth-order valence-electron chi connectivity index (χ4n) is 2.19. The molecule has 1 rings (SSSR count). The van der Waals surface area contributed by atoms with E-state index in [9.17, 15) is 14.4 Å². The van der Waals surface area contributed by atoms with Crippen molar-refractivity contribution in [2.75, 3.05) is 6.61 Å². The van der Waals surface area contributed by atoms with Crippen molar-refractivity contribution in [3.63, 3.8) is 0 Å². The van der Waals surface area contributed by atoms with Gasteiger partial charge in [0.1, 0.15) is 24.9 Å². The van der Waals surface area contributed by atoms with Gasteiger partial charge in [-0.25, -0.2) is 14.4 Å². The number of hydrogen-bond donors (Lipinski definition) is 2. The molecule has 164 valence electrons. The molecule has 8 heteroatoms. The second-order valence-electron chi connectivity index (χ2n) is 7.40. The van der Waals surface area contributed by atoms with E-state index < -0.39 is 35.8 Å². The Morgan fingerprint density at radius 3 is 2.27 bits per heavy atom. The minimum atomic E-state index is -0.974. The summed E-state index contributed by atoms with van der Waals surface area (Å²) in [5.74, 6) is -0.690. The Morgan fingerprint density at radius 1 is 1.03 bits per heavy atom. The fraction of sp³-hybridized carbons (Fsp3) is 0.409. The van der Waals surface area contributed by atoms with Crippen LogP contribution in [0.1, 0.15) is 32.8 Å². The molecule has 0 aliphatic heterocycles. The Kier molecular flexibility index (Phi) is 10.2. The number of alkyl carbamates (subject to hydrolysis) is 2. The van der Waals surface area contributed by atoms with Gasteiger partial charge in [0.15, 0.2) is 0 Å². The maximum Gasteiger partial charge on any atom is 0.408 e. The normalized spacial score (nSPS) is 12.6. The third-order valence-corrected chi connectivity index (χ3v) is 3.58. The van der Waals surface area contributed by atoms with Gasteiger partial charge in [0.25, 0.3) is 0 Å². The topological polar surface area (TPSA) is 103 Å². The van der Waals surface area contributed by atoms with Crippen LogP contribution in [0.25, 0.3) is 0 Å². The molecule has 0 fully saturated rings. The second-order valence-corrected chi connectivity index (χ2v) is 7.40. The predicted octanol–water partition coefficient (Wildman–Crippen LogP) is 3.48. The number of benzene rings is 1. The average Bonchev–Trinajstić information content (AvgIpc) is 2.68. The van der Waals surface area contributed by atoms with Gasteiger partial charge in [-0.05, 0) is 32.8 Å². The van der Waals surface area contributed by atoms with Crippen LogP contribution in [0.3, 0.4) is 0 Å². The first-order valence-electron chi connectivity index (χ1n) is 9.51. The molecule has 0 spiro atoms. The number of carbonyl (C=O) groups excluding carboxylic acids is 3. The molecule has 0 aromatic heterocycles. The van der Waals surface area contributed by atoms with Gasteiger partial charge < -0.3 is 24.8 Å². The molecule has 1 aromatic carbocycles. The van der Waals surface area contributed by atoms with E-state index in [1.54, 1.807) is 20.8 Å². The zero-order valence-electron chi connectivity index (χ0n) is 17.7. The third kappa shape index (κ3) is 10.3. The third-order valence-electron chi connectivity index (χ3n) is 3.58. The largest absolute Gasteiger partial charge is 0.462 e. The molecule has 2 amide bonds. The van der Waals surface area contributed by atoms with Crippen molar-refractivity contribution in [3.05, 3.63) is 61.2 Å². The highest BCUT2D eigenvalue weighted by Gasteiger charge is 2.24. The standard InChI is InChI=1S/C22H30N2O6/c1-6-11-18(24-20(26)29-14-16-12-9-8-10-13-16)19(25)28-15-17(7-2)23-21(27)30-22(3,4)5/h6-10,12-13,17-18H,1-2,11,14-15H2,3-5H3,(H,23,27)(H,24,26)/t17-,18+/m1/s1. The highest BCUT2D eigenvalue weighted by molar-refractivity contribution is 5.81. The lowest BCUT2D eigenvalue weighted by Crippen LogP contribution is -2.44. The van der Waals surface area contributed by atoms with E-state index in [0.29, 0.717) is 0 Å². The number of hydrogen-bond acceptors (Lipinski definition) is 6. The molecule has 8 nitrogen and oxygen atoms in total. The van der Waals surface area contributed by atoms with Crippen LogP contribution < -0.4 is 10.6 Å². The molecule has 0 unspecified atom stereocenters. The summed E-state index contributed by atoms with van der Waals surface area (Å²) < 4.78 is 15.5. The van der Waals surface area contributed by atoms with Gasteiger partial charge in [0, 0.05) is 0 Å². The van der Waals surface area contributed by atoms with E-state index in [-0.39, 0.29) is 19.6 Å². The molecular weight excluding hydrogens is 388 g/mol. The average molecular weight is 418 g/mol. The van der Waals surface area contributed by atoms with Crippen LogP contribution in [0.15, 0.2) is 55.6 Å². The summed E-state index contributed by atoms with van der Waals surface area (Å²) in [6, 6.07) is 7.52. The molecule has 30 heavy (non-hydrogen) atoms. The van der Waals surface area contributed by atoms with Crippen molar-refractivity contribution >= 4 is 18.2 Å². The number of ether oxygens (including phenoxy) is 3. The van der Waals surface area contributed by atoms with Crippen LogP contribution in [-0.4, -0.2) is 42.4 Å². The van der Waals surface area contributed by atoms with Crippen molar-refractivity contribution in [1.29, 1.82) is 0 Å². The maximum absolute atomic E-state index is 12.4. The Balaban J connectivity index is 2.52. The van der Waals surface area contributed by atoms with Gasteiger partial charge in [-0.3, -0.25) is 0 Å². The molecule has 0 aliphatic rings. The van der Waals surface area contributed by atoms with E-state index in [1.165, 1.54) is 12.2 Å². The van der Waals surface area contributed by atoms with Gasteiger partial charge in [-0.2, -0.15) is 0 Å². The molecule has 0 aliphatic carbocycles. The lowest BCUT2D eigenvalue weighted by atomic mass is 10.2. The van der Waals surface area contributed by atoms with Crippen molar-refractivity contribution in [2.24, 2.45) is 0 Å². The first kappa shape index (κ1) is 24.7. The van der Waals surface area contributed by atoms with Crippen molar-refractivity contribution in [2.45, 2.75) is 51.5 Å². The molecule has 2 N–H and O–H groups in total. The predicted molar refractivity (Wildman–Crippen MR) is 113 cm³/mol. The van der Waals surface area contributed by atoms with Crippen LogP contribution in [0.4, 0.5) is 9.59 Å². The molecule has 0 heterocycles. The van der Waals surface area contributed by atoms with Crippen molar-refractivity contribution in [3.8, 4) is 0 Å². The summed E-state index contributed by atoms with van der Waals surface area (Å²) in [7, 11) is 0. The number of nitrogens with one attached hydrogen (secondary N) is 2. The molecular formula is C22H30N2O6. The van der Waals surface area contributed by atoms with Gasteiger partial charge in [0.2, 0.25) is 0 Å². The lowest BCUT2D eigenvalue weighted by molar-refractivity contribution is -0.146. The monoisotopic (exact) mass is 418 g/mol. The van der Waals surface area contributed by atoms with E-state index >= 15 is 0 Å². The van der Waals surface area contributed by atoms with Crippen LogP contribution >= 0.6 is 0 Å². The second kappa shape index (κ2) is 12.3. The number of esters is 1. The van der Waals surface area contributed by atoms with Crippen LogP contribution in [0, 0.1) is 0 Å². The zero-order chi connectivity index (χ0) is 22.6. The fourth-order valence-corrected chi connectivity index (χ4v) is 2.19. The van der Waals surface area contributed by atoms with Gasteiger partial charge in [-0.1, -0.05) is 42.5 Å². The molecule has 2 atom stereocenters. The minimum Gasteiger partial charge on any atom is -0.462 e. The summed E-state index contributed by atoms with van der Waals surface area (Å²) in [6.45, 7) is 12.3. The Hall–Kier alpha value is -3.29. The van der Waals surface area contributed by atoms with Crippen LogP contribution in [0.2, 0.25) is 0 Å². The molecule has 0 radical (unpaired) electrons. The lowest BCUT2D eigenvalue weighted by Gasteiger charge is -2.22. The summed E-state index contributed by atoms with van der Waals surface area (Å²) in [5.41, 5.74) is 0.156. The Morgan fingerprint density at radius 2 is 1.70 bits per heavy atom. The van der Waals surface area contributed by atoms with Crippen LogP contribution in [-0.2, 0) is 25.6 Å². The van der Waals surface area contributed by atoms with Crippen molar-refractivity contribution in [1.82, 2.24) is 10.6 Å². The Labute approximate surface area is 177 Å². The first-order valence-corrected chi connectivity index (χ1v) is 9.51. The first-order chi connectivity index (χ1) is 14.1. The Bertz CT molecular complexity index is 727. The molecule has 0 saturated heterocycles. The van der Waals surface area contributed by atoms with E-state index in [1.807, 2.05) is 30.3 Å². The quantitative estimate of drug-likeness (QED) is 0.343. The van der Waals surface area contributed by atoms with Crippen molar-refractivity contribution < 1.29 is 28.6 Å². The van der Waals surface area contributed by atoms with E-state index in [4.69, 9.17) is 14.2 Å². The SMILES string of the molecule is C=CC[C@H](NC(=O)OCc1ccccc1)C(=O)OC[C@@H](C=C)NC(=O)OC(C)(C)C. The zero-order valence-corrected chi connectivity index (χ0v) is 17.7. The number of rotatable bonds is 10. The number of carbonyl (C=O) groups is 3. The number of amides is 2. The molecule has 0 saturated carbocycles. The smallest absolute Gasteiger partial charge is 0.408 e. The maximum atomic E-state index is 12.4. The van der Waals surface area contributed by atoms with Crippen LogP contribution in [0.5, 0.6) is 0 Å². The van der Waals surface area contributed by atoms with Gasteiger partial charge in [0.05, 0.1) is 6.04 Å². The summed E-state index contributed by atoms with van der Waals surface area (Å²) in [4.78, 5) is 36.2. The van der Waals surface area contributed by atoms with Gasteiger partial charge >= 0.3 is 18.2 Å². The van der Waals surface area contributed by atoms with Gasteiger partial charge in [-0.15, -0.1) is 13.2 Å². The summed E-state index contributed by atoms with van der Waals surface area (Å²) in [5, 5.41) is 5.00. The molecule has 1 aromatic rings. The molecule has 0 bridgehead atoms.